The van der Waals surface area contributed by atoms with E-state index in [9.17, 15) is 0 Å². The Kier molecular flexibility index (Phi) is 3.94. The molecule has 0 fully saturated rings. The lowest BCUT2D eigenvalue weighted by Crippen LogP contribution is -2.19. The molecular weight excluding hydrogens is 282 g/mol. The number of rotatable bonds is 3. The van der Waals surface area contributed by atoms with Gasteiger partial charge in [0.25, 0.3) is 0 Å². The van der Waals surface area contributed by atoms with E-state index in [1.165, 1.54) is 11.1 Å². The molecule has 0 saturated heterocycles. The highest BCUT2D eigenvalue weighted by molar-refractivity contribution is 9.10. The van der Waals surface area contributed by atoms with Crippen molar-refractivity contribution >= 4 is 15.9 Å². The molecule has 1 unspecified atom stereocenters. The summed E-state index contributed by atoms with van der Waals surface area (Å²) in [6.45, 7) is 6.14. The summed E-state index contributed by atoms with van der Waals surface area (Å²) in [6.07, 6.45) is 0.921. The van der Waals surface area contributed by atoms with E-state index >= 15 is 0 Å². The lowest BCUT2D eigenvalue weighted by atomic mass is 9.93. The SMILES string of the molecule is CCc1c2c(cc(Br)c1C(C)CN)OCCO2. The molecule has 2 rings (SSSR count). The van der Waals surface area contributed by atoms with Gasteiger partial charge in [-0.15, -0.1) is 0 Å². The molecule has 94 valence electrons. The van der Waals surface area contributed by atoms with Crippen LogP contribution in [0.1, 0.15) is 30.9 Å². The molecule has 1 aliphatic rings. The number of nitrogens with two attached hydrogens (primary N) is 1. The minimum Gasteiger partial charge on any atom is -0.486 e. The Labute approximate surface area is 110 Å². The van der Waals surface area contributed by atoms with Gasteiger partial charge in [0.2, 0.25) is 0 Å². The highest BCUT2D eigenvalue weighted by Gasteiger charge is 2.23. The molecule has 0 aromatic heterocycles. The van der Waals surface area contributed by atoms with Gasteiger partial charge in [-0.3, -0.25) is 0 Å². The van der Waals surface area contributed by atoms with Crippen LogP contribution in [0, 0.1) is 0 Å². The Morgan fingerprint density at radius 1 is 1.41 bits per heavy atom. The molecule has 1 heterocycles. The van der Waals surface area contributed by atoms with Gasteiger partial charge in [0, 0.05) is 10.0 Å². The van der Waals surface area contributed by atoms with Crippen LogP contribution in [0.4, 0.5) is 0 Å². The molecule has 1 atom stereocenters. The van der Waals surface area contributed by atoms with Gasteiger partial charge in [0.15, 0.2) is 11.5 Å². The third-order valence-corrected chi connectivity index (χ3v) is 3.78. The number of hydrogen-bond donors (Lipinski definition) is 1. The number of fused-ring (bicyclic) bond motifs is 1. The quantitative estimate of drug-likeness (QED) is 0.933. The Bertz CT molecular complexity index is 420. The first kappa shape index (κ1) is 12.7. The molecule has 1 aromatic carbocycles. The maximum Gasteiger partial charge on any atom is 0.164 e. The Hall–Kier alpha value is -0.740. The molecule has 0 aliphatic carbocycles. The van der Waals surface area contributed by atoms with E-state index in [0.29, 0.717) is 25.7 Å². The summed E-state index contributed by atoms with van der Waals surface area (Å²) >= 11 is 3.62. The van der Waals surface area contributed by atoms with Gasteiger partial charge in [-0.1, -0.05) is 29.8 Å². The lowest BCUT2D eigenvalue weighted by molar-refractivity contribution is 0.169. The minimum atomic E-state index is 0.315. The predicted molar refractivity (Wildman–Crippen MR) is 72.0 cm³/mol. The maximum atomic E-state index is 5.78. The van der Waals surface area contributed by atoms with Gasteiger partial charge in [0.05, 0.1) is 0 Å². The van der Waals surface area contributed by atoms with E-state index in [1.54, 1.807) is 0 Å². The Balaban J connectivity index is 2.58. The topological polar surface area (TPSA) is 44.5 Å². The van der Waals surface area contributed by atoms with Crippen molar-refractivity contribution in [2.45, 2.75) is 26.2 Å². The highest BCUT2D eigenvalue weighted by Crippen LogP contribution is 2.42. The summed E-state index contributed by atoms with van der Waals surface area (Å²) in [5, 5.41) is 0. The van der Waals surface area contributed by atoms with E-state index in [0.717, 1.165) is 22.4 Å². The van der Waals surface area contributed by atoms with Gasteiger partial charge in [-0.05, 0) is 30.5 Å². The van der Waals surface area contributed by atoms with Crippen molar-refractivity contribution in [1.82, 2.24) is 0 Å². The molecule has 1 aliphatic heterocycles. The molecule has 0 bridgehead atoms. The van der Waals surface area contributed by atoms with Gasteiger partial charge in [-0.25, -0.2) is 0 Å². The van der Waals surface area contributed by atoms with Crippen molar-refractivity contribution in [3.8, 4) is 11.5 Å². The zero-order chi connectivity index (χ0) is 12.4. The molecule has 4 heteroatoms. The lowest BCUT2D eigenvalue weighted by Gasteiger charge is -2.25. The average molecular weight is 300 g/mol. The summed E-state index contributed by atoms with van der Waals surface area (Å²) in [6, 6.07) is 2.00. The standard InChI is InChI=1S/C13H18BrNO2/c1-3-9-12(8(2)7-15)10(14)6-11-13(9)17-5-4-16-11/h6,8H,3-5,7,15H2,1-2H3. The van der Waals surface area contributed by atoms with Gasteiger partial charge >= 0.3 is 0 Å². The molecular formula is C13H18BrNO2. The minimum absolute atomic E-state index is 0.315. The van der Waals surface area contributed by atoms with Crippen LogP contribution in [0.3, 0.4) is 0 Å². The molecule has 0 spiro atoms. The molecule has 0 amide bonds. The molecule has 17 heavy (non-hydrogen) atoms. The van der Waals surface area contributed by atoms with Crippen molar-refractivity contribution in [1.29, 1.82) is 0 Å². The van der Waals surface area contributed by atoms with Gasteiger partial charge in [0.1, 0.15) is 13.2 Å². The molecule has 3 nitrogen and oxygen atoms in total. The van der Waals surface area contributed by atoms with Crippen LogP contribution in [0.5, 0.6) is 11.5 Å². The van der Waals surface area contributed by atoms with Gasteiger partial charge in [-0.2, -0.15) is 0 Å². The van der Waals surface area contributed by atoms with Crippen molar-refractivity contribution in [2.24, 2.45) is 5.73 Å². The van der Waals surface area contributed by atoms with Crippen LogP contribution >= 0.6 is 15.9 Å². The van der Waals surface area contributed by atoms with Crippen molar-refractivity contribution in [3.05, 3.63) is 21.7 Å². The smallest absolute Gasteiger partial charge is 0.164 e. The molecule has 0 saturated carbocycles. The van der Waals surface area contributed by atoms with Crippen molar-refractivity contribution in [3.63, 3.8) is 0 Å². The van der Waals surface area contributed by atoms with E-state index in [4.69, 9.17) is 15.2 Å². The van der Waals surface area contributed by atoms with E-state index in [2.05, 4.69) is 29.8 Å². The second-order valence-electron chi connectivity index (χ2n) is 4.27. The van der Waals surface area contributed by atoms with Crippen LogP contribution in [0.25, 0.3) is 0 Å². The third-order valence-electron chi connectivity index (χ3n) is 3.13. The van der Waals surface area contributed by atoms with Gasteiger partial charge < -0.3 is 15.2 Å². The van der Waals surface area contributed by atoms with Crippen molar-refractivity contribution < 1.29 is 9.47 Å². The van der Waals surface area contributed by atoms with Crippen LogP contribution in [-0.2, 0) is 6.42 Å². The number of benzene rings is 1. The normalized spacial score (nSPS) is 15.8. The average Bonchev–Trinajstić information content (AvgIpc) is 2.36. The fourth-order valence-corrected chi connectivity index (χ4v) is 3.07. The zero-order valence-corrected chi connectivity index (χ0v) is 11.8. The van der Waals surface area contributed by atoms with Crippen LogP contribution < -0.4 is 15.2 Å². The van der Waals surface area contributed by atoms with E-state index in [-0.39, 0.29) is 0 Å². The molecule has 0 radical (unpaired) electrons. The summed E-state index contributed by atoms with van der Waals surface area (Å²) in [4.78, 5) is 0. The molecule has 1 aromatic rings. The summed E-state index contributed by atoms with van der Waals surface area (Å²) < 4.78 is 12.4. The summed E-state index contributed by atoms with van der Waals surface area (Å²) in [7, 11) is 0. The second-order valence-corrected chi connectivity index (χ2v) is 5.12. The Morgan fingerprint density at radius 2 is 2.12 bits per heavy atom. The third kappa shape index (κ3) is 2.29. The first-order valence-corrected chi connectivity index (χ1v) is 6.79. The molecule has 2 N–H and O–H groups in total. The number of ether oxygens (including phenoxy) is 2. The Morgan fingerprint density at radius 3 is 2.76 bits per heavy atom. The van der Waals surface area contributed by atoms with Crippen LogP contribution in [-0.4, -0.2) is 19.8 Å². The monoisotopic (exact) mass is 299 g/mol. The fraction of sp³-hybridized carbons (Fsp3) is 0.538. The summed E-state index contributed by atoms with van der Waals surface area (Å²) in [5.41, 5.74) is 8.24. The first-order valence-electron chi connectivity index (χ1n) is 6.00. The number of halogens is 1. The second kappa shape index (κ2) is 5.27. The predicted octanol–water partition coefficient (Wildman–Crippen LogP) is 2.84. The largest absolute Gasteiger partial charge is 0.486 e. The van der Waals surface area contributed by atoms with Crippen LogP contribution in [0.2, 0.25) is 0 Å². The van der Waals surface area contributed by atoms with E-state index in [1.807, 2.05) is 6.07 Å². The van der Waals surface area contributed by atoms with Crippen LogP contribution in [0.15, 0.2) is 10.5 Å². The maximum absolute atomic E-state index is 5.78. The van der Waals surface area contributed by atoms with E-state index < -0.39 is 0 Å². The zero-order valence-electron chi connectivity index (χ0n) is 10.3. The fourth-order valence-electron chi connectivity index (χ4n) is 2.24. The highest BCUT2D eigenvalue weighted by atomic mass is 79.9. The summed E-state index contributed by atoms with van der Waals surface area (Å²) in [5.74, 6) is 2.06. The number of hydrogen-bond acceptors (Lipinski definition) is 3. The first-order chi connectivity index (χ1) is 8.19. The van der Waals surface area contributed by atoms with Crippen molar-refractivity contribution in [2.75, 3.05) is 19.8 Å².